The first kappa shape index (κ1) is 11.4. The highest BCUT2D eigenvalue weighted by Gasteiger charge is 2.13. The lowest BCUT2D eigenvalue weighted by Gasteiger charge is -2.12. The van der Waals surface area contributed by atoms with Gasteiger partial charge in [0.2, 0.25) is 0 Å². The highest BCUT2D eigenvalue weighted by molar-refractivity contribution is 9.10. The third-order valence-electron chi connectivity index (χ3n) is 2.48. The Bertz CT molecular complexity index is 380. The van der Waals surface area contributed by atoms with Crippen LogP contribution in [0.15, 0.2) is 10.5 Å². The van der Waals surface area contributed by atoms with Gasteiger partial charge in [0.25, 0.3) is 0 Å². The Morgan fingerprint density at radius 1 is 1.29 bits per heavy atom. The molecule has 1 rings (SSSR count). The Labute approximate surface area is 93.7 Å². The number of aryl methyl sites for hydroxylation is 2. The van der Waals surface area contributed by atoms with Crippen molar-refractivity contribution in [1.29, 1.82) is 0 Å². The van der Waals surface area contributed by atoms with Crippen molar-refractivity contribution in [3.8, 4) is 0 Å². The zero-order chi connectivity index (χ0) is 10.9. The Hall–Kier alpha value is -0.630. The maximum Gasteiger partial charge on any atom is 0.163 e. The number of ketones is 1. The van der Waals surface area contributed by atoms with Crippen LogP contribution >= 0.6 is 15.9 Å². The minimum Gasteiger partial charge on any atom is -0.294 e. The van der Waals surface area contributed by atoms with E-state index in [1.54, 1.807) is 0 Å². The number of hydrogen-bond donors (Lipinski definition) is 0. The molecule has 0 radical (unpaired) electrons. The summed E-state index contributed by atoms with van der Waals surface area (Å²) in [5, 5.41) is 0. The van der Waals surface area contributed by atoms with Gasteiger partial charge in [-0.2, -0.15) is 0 Å². The van der Waals surface area contributed by atoms with E-state index in [-0.39, 0.29) is 5.78 Å². The van der Waals surface area contributed by atoms with Crippen molar-refractivity contribution < 1.29 is 4.79 Å². The van der Waals surface area contributed by atoms with E-state index in [9.17, 15) is 4.79 Å². The number of halogens is 1. The molecule has 0 heterocycles. The zero-order valence-electron chi connectivity index (χ0n) is 9.07. The average Bonchev–Trinajstić information content (AvgIpc) is 2.14. The molecule has 1 nitrogen and oxygen atoms in total. The molecule has 1 aromatic carbocycles. The molecule has 0 aliphatic heterocycles. The molecule has 0 amide bonds. The lowest BCUT2D eigenvalue weighted by Crippen LogP contribution is -2.04. The van der Waals surface area contributed by atoms with Gasteiger partial charge in [0, 0.05) is 16.5 Å². The smallest absolute Gasteiger partial charge is 0.163 e. The first-order valence-electron chi connectivity index (χ1n) is 4.78. The molecule has 0 aliphatic carbocycles. The van der Waals surface area contributed by atoms with Gasteiger partial charge in [-0.3, -0.25) is 4.79 Å². The van der Waals surface area contributed by atoms with E-state index in [1.807, 2.05) is 27.7 Å². The quantitative estimate of drug-likeness (QED) is 0.731. The molecule has 0 fully saturated rings. The second kappa shape index (κ2) is 4.26. The van der Waals surface area contributed by atoms with Crippen LogP contribution in [-0.4, -0.2) is 5.78 Å². The van der Waals surface area contributed by atoms with Gasteiger partial charge in [-0.1, -0.05) is 28.9 Å². The van der Waals surface area contributed by atoms with Crippen LogP contribution < -0.4 is 0 Å². The molecule has 14 heavy (non-hydrogen) atoms. The number of carbonyl (C=O) groups excluding carboxylic acids is 1. The van der Waals surface area contributed by atoms with Gasteiger partial charge in [0.1, 0.15) is 0 Å². The monoisotopic (exact) mass is 254 g/mol. The van der Waals surface area contributed by atoms with Crippen molar-refractivity contribution in [2.24, 2.45) is 0 Å². The third kappa shape index (κ3) is 1.90. The maximum atomic E-state index is 11.7. The number of rotatable bonds is 2. The van der Waals surface area contributed by atoms with Gasteiger partial charge >= 0.3 is 0 Å². The molecule has 0 saturated heterocycles. The summed E-state index contributed by atoms with van der Waals surface area (Å²) in [7, 11) is 0. The molecule has 0 atom stereocenters. The van der Waals surface area contributed by atoms with Crippen molar-refractivity contribution in [3.05, 3.63) is 32.8 Å². The molecule has 0 spiro atoms. The van der Waals surface area contributed by atoms with E-state index in [2.05, 4.69) is 22.0 Å². The molecule has 0 unspecified atom stereocenters. The van der Waals surface area contributed by atoms with Gasteiger partial charge < -0.3 is 0 Å². The Kier molecular flexibility index (Phi) is 3.48. The molecule has 76 valence electrons. The van der Waals surface area contributed by atoms with Gasteiger partial charge in [0.05, 0.1) is 0 Å². The molecule has 0 bridgehead atoms. The molecule has 2 heteroatoms. The fraction of sp³-hybridized carbons (Fsp3) is 0.417. The second-order valence-electron chi connectivity index (χ2n) is 3.60. The predicted molar refractivity (Wildman–Crippen MR) is 63.0 cm³/mol. The Morgan fingerprint density at radius 3 is 2.36 bits per heavy atom. The summed E-state index contributed by atoms with van der Waals surface area (Å²) in [5.74, 6) is 0.223. The molecular formula is C12H15BrO. The molecule has 0 N–H and O–H groups in total. The van der Waals surface area contributed by atoms with E-state index in [0.717, 1.165) is 21.2 Å². The van der Waals surface area contributed by atoms with Crippen molar-refractivity contribution in [2.75, 3.05) is 0 Å². The minimum atomic E-state index is 0.223. The molecule has 0 aliphatic rings. The summed E-state index contributed by atoms with van der Waals surface area (Å²) in [6.45, 7) is 7.93. The minimum absolute atomic E-state index is 0.223. The van der Waals surface area contributed by atoms with Crippen molar-refractivity contribution in [1.82, 2.24) is 0 Å². The van der Waals surface area contributed by atoms with Gasteiger partial charge in [-0.25, -0.2) is 0 Å². The number of Topliss-reactive ketones (excluding diaryl/α,β-unsaturated/α-hetero) is 1. The van der Waals surface area contributed by atoms with Crippen LogP contribution in [0, 0.1) is 20.8 Å². The summed E-state index contributed by atoms with van der Waals surface area (Å²) in [6.07, 6.45) is 0.567. The summed E-state index contributed by atoms with van der Waals surface area (Å²) >= 11 is 3.51. The zero-order valence-corrected chi connectivity index (χ0v) is 10.7. The summed E-state index contributed by atoms with van der Waals surface area (Å²) in [4.78, 5) is 11.7. The second-order valence-corrected chi connectivity index (χ2v) is 4.39. The summed E-state index contributed by atoms with van der Waals surface area (Å²) in [5.41, 5.74) is 4.21. The first-order chi connectivity index (χ1) is 6.49. The van der Waals surface area contributed by atoms with Crippen molar-refractivity contribution >= 4 is 21.7 Å². The van der Waals surface area contributed by atoms with Crippen molar-refractivity contribution in [3.63, 3.8) is 0 Å². The number of carbonyl (C=O) groups is 1. The Morgan fingerprint density at radius 2 is 1.86 bits per heavy atom. The van der Waals surface area contributed by atoms with Crippen LogP contribution in [0.4, 0.5) is 0 Å². The SMILES string of the molecule is CCC(=O)c1c(C)cc(C)c(Br)c1C. The third-order valence-corrected chi connectivity index (χ3v) is 3.70. The van der Waals surface area contributed by atoms with Gasteiger partial charge in [-0.15, -0.1) is 0 Å². The standard InChI is InChI=1S/C12H15BrO/c1-5-10(14)11-7(2)6-8(3)12(13)9(11)4/h6H,5H2,1-4H3. The lowest BCUT2D eigenvalue weighted by molar-refractivity contribution is 0.0987. The van der Waals surface area contributed by atoms with E-state index >= 15 is 0 Å². The number of hydrogen-bond acceptors (Lipinski definition) is 1. The van der Waals surface area contributed by atoms with E-state index < -0.39 is 0 Å². The van der Waals surface area contributed by atoms with Crippen LogP contribution in [0.3, 0.4) is 0 Å². The first-order valence-corrected chi connectivity index (χ1v) is 5.57. The Balaban J connectivity index is 3.44. The normalized spacial score (nSPS) is 10.4. The lowest BCUT2D eigenvalue weighted by atomic mass is 9.95. The molecule has 1 aromatic rings. The average molecular weight is 255 g/mol. The van der Waals surface area contributed by atoms with Crippen molar-refractivity contribution in [2.45, 2.75) is 34.1 Å². The van der Waals surface area contributed by atoms with Crippen LogP contribution in [0.5, 0.6) is 0 Å². The fourth-order valence-corrected chi connectivity index (χ4v) is 2.08. The molecular weight excluding hydrogens is 240 g/mol. The largest absolute Gasteiger partial charge is 0.294 e. The van der Waals surface area contributed by atoms with E-state index in [1.165, 1.54) is 5.56 Å². The van der Waals surface area contributed by atoms with Crippen LogP contribution in [0.1, 0.15) is 40.4 Å². The van der Waals surface area contributed by atoms with Crippen LogP contribution in [0.25, 0.3) is 0 Å². The van der Waals surface area contributed by atoms with Crippen LogP contribution in [0.2, 0.25) is 0 Å². The topological polar surface area (TPSA) is 17.1 Å². The molecule has 0 aromatic heterocycles. The highest BCUT2D eigenvalue weighted by Crippen LogP contribution is 2.27. The highest BCUT2D eigenvalue weighted by atomic mass is 79.9. The molecule has 0 saturated carbocycles. The fourth-order valence-electron chi connectivity index (χ4n) is 1.77. The number of benzene rings is 1. The summed E-state index contributed by atoms with van der Waals surface area (Å²) < 4.78 is 1.06. The summed E-state index contributed by atoms with van der Waals surface area (Å²) in [6, 6.07) is 2.06. The van der Waals surface area contributed by atoms with E-state index in [4.69, 9.17) is 0 Å². The van der Waals surface area contributed by atoms with Crippen LogP contribution in [-0.2, 0) is 0 Å². The van der Waals surface area contributed by atoms with Gasteiger partial charge in [-0.05, 0) is 37.5 Å². The van der Waals surface area contributed by atoms with Gasteiger partial charge in [0.15, 0.2) is 5.78 Å². The maximum absolute atomic E-state index is 11.7. The predicted octanol–water partition coefficient (Wildman–Crippen LogP) is 3.97. The van der Waals surface area contributed by atoms with E-state index in [0.29, 0.717) is 6.42 Å².